The van der Waals surface area contributed by atoms with Crippen LogP contribution in [0.3, 0.4) is 0 Å². The van der Waals surface area contributed by atoms with Crippen molar-refractivity contribution in [1.29, 1.82) is 0 Å². The molecule has 1 aromatic rings. The number of hydrogen-bond donors (Lipinski definition) is 1. The van der Waals surface area contributed by atoms with E-state index in [0.29, 0.717) is 13.0 Å². The van der Waals surface area contributed by atoms with E-state index in [1.165, 1.54) is 0 Å². The Hall–Kier alpha value is -1.07. The number of anilines is 1. The summed E-state index contributed by atoms with van der Waals surface area (Å²) in [6.07, 6.45) is 2.57. The van der Waals surface area contributed by atoms with Gasteiger partial charge in [-0.05, 0) is 44.0 Å². The average molecular weight is 282 g/mol. The summed E-state index contributed by atoms with van der Waals surface area (Å²) < 4.78 is 26.2. The van der Waals surface area contributed by atoms with Gasteiger partial charge in [0.25, 0.3) is 0 Å². The van der Waals surface area contributed by atoms with E-state index in [4.69, 9.17) is 0 Å². The van der Waals surface area contributed by atoms with Gasteiger partial charge in [0, 0.05) is 6.54 Å². The van der Waals surface area contributed by atoms with Crippen molar-refractivity contribution in [2.45, 2.75) is 26.2 Å². The van der Waals surface area contributed by atoms with Crippen LogP contribution in [-0.2, 0) is 16.4 Å². The number of fused-ring (bicyclic) bond motifs is 1. The summed E-state index contributed by atoms with van der Waals surface area (Å²) in [5.74, 6) is 0.220. The lowest BCUT2D eigenvalue weighted by atomic mass is 10.2. The molecule has 1 aliphatic rings. The molecule has 106 valence electrons. The standard InChI is InChI=1S/C14H22N2O2S/c1-2-9-15-10-5-12-19(17,18)16-11-8-13-6-3-4-7-14(13)16/h3-4,6-7,15H,2,5,8-12H2,1H3. The number of hydrogen-bond acceptors (Lipinski definition) is 3. The molecule has 0 saturated heterocycles. The predicted octanol–water partition coefficient (Wildman–Crippen LogP) is 1.77. The Morgan fingerprint density at radius 2 is 2.05 bits per heavy atom. The number of nitrogens with zero attached hydrogens (tertiary/aromatic N) is 1. The molecule has 0 fully saturated rings. The van der Waals surface area contributed by atoms with Gasteiger partial charge in [-0.1, -0.05) is 25.1 Å². The summed E-state index contributed by atoms with van der Waals surface area (Å²) >= 11 is 0. The van der Waals surface area contributed by atoms with Crippen LogP contribution >= 0.6 is 0 Å². The van der Waals surface area contributed by atoms with E-state index in [1.54, 1.807) is 4.31 Å². The smallest absolute Gasteiger partial charge is 0.235 e. The first-order chi connectivity index (χ1) is 9.15. The summed E-state index contributed by atoms with van der Waals surface area (Å²) in [5.41, 5.74) is 2.00. The first-order valence-electron chi connectivity index (χ1n) is 6.94. The minimum Gasteiger partial charge on any atom is -0.317 e. The maximum Gasteiger partial charge on any atom is 0.235 e. The highest BCUT2D eigenvalue weighted by Gasteiger charge is 2.28. The third kappa shape index (κ3) is 3.48. The monoisotopic (exact) mass is 282 g/mol. The van der Waals surface area contributed by atoms with Gasteiger partial charge in [0.15, 0.2) is 0 Å². The van der Waals surface area contributed by atoms with Crippen molar-refractivity contribution in [3.8, 4) is 0 Å². The van der Waals surface area contributed by atoms with Crippen molar-refractivity contribution in [2.24, 2.45) is 0 Å². The molecule has 0 aliphatic carbocycles. The molecule has 2 rings (SSSR count). The number of rotatable bonds is 7. The van der Waals surface area contributed by atoms with Crippen molar-refractivity contribution < 1.29 is 8.42 Å². The number of benzene rings is 1. The average Bonchev–Trinajstić information content (AvgIpc) is 2.83. The molecule has 19 heavy (non-hydrogen) atoms. The molecule has 0 atom stereocenters. The maximum absolute atomic E-state index is 12.3. The summed E-state index contributed by atoms with van der Waals surface area (Å²) in [6, 6.07) is 7.77. The van der Waals surface area contributed by atoms with Gasteiger partial charge in [0.2, 0.25) is 10.0 Å². The Morgan fingerprint density at radius 3 is 2.84 bits per heavy atom. The highest BCUT2D eigenvalue weighted by Crippen LogP contribution is 2.30. The van der Waals surface area contributed by atoms with Crippen LogP contribution in [-0.4, -0.2) is 33.8 Å². The van der Waals surface area contributed by atoms with Crippen LogP contribution < -0.4 is 9.62 Å². The molecular weight excluding hydrogens is 260 g/mol. The fourth-order valence-electron chi connectivity index (χ4n) is 2.39. The Bertz CT molecular complexity index is 514. The van der Waals surface area contributed by atoms with Crippen LogP contribution in [0.15, 0.2) is 24.3 Å². The highest BCUT2D eigenvalue weighted by molar-refractivity contribution is 7.92. The third-order valence-electron chi connectivity index (χ3n) is 3.36. The highest BCUT2D eigenvalue weighted by atomic mass is 32.2. The zero-order valence-corrected chi connectivity index (χ0v) is 12.2. The molecule has 0 aromatic heterocycles. The van der Waals surface area contributed by atoms with Crippen molar-refractivity contribution in [2.75, 3.05) is 29.7 Å². The lowest BCUT2D eigenvalue weighted by Crippen LogP contribution is -2.32. The molecule has 0 unspecified atom stereocenters. The van der Waals surface area contributed by atoms with E-state index < -0.39 is 10.0 Å². The van der Waals surface area contributed by atoms with Gasteiger partial charge < -0.3 is 5.32 Å². The summed E-state index contributed by atoms with van der Waals surface area (Å²) in [6.45, 7) is 4.41. The SMILES string of the molecule is CCCNCCCS(=O)(=O)N1CCc2ccccc21. The fraction of sp³-hybridized carbons (Fsp3) is 0.571. The molecule has 1 aromatic carbocycles. The molecule has 1 N–H and O–H groups in total. The second kappa shape index (κ2) is 6.39. The second-order valence-corrected chi connectivity index (χ2v) is 6.88. The van der Waals surface area contributed by atoms with Crippen LogP contribution in [0, 0.1) is 0 Å². The maximum atomic E-state index is 12.3. The van der Waals surface area contributed by atoms with E-state index >= 15 is 0 Å². The van der Waals surface area contributed by atoms with Gasteiger partial charge in [-0.3, -0.25) is 4.31 Å². The minimum absolute atomic E-state index is 0.220. The molecular formula is C14H22N2O2S. The zero-order valence-electron chi connectivity index (χ0n) is 11.4. The lowest BCUT2D eigenvalue weighted by molar-refractivity contribution is 0.584. The molecule has 0 saturated carbocycles. The number of para-hydroxylation sites is 1. The van der Waals surface area contributed by atoms with Gasteiger partial charge >= 0.3 is 0 Å². The van der Waals surface area contributed by atoms with Crippen LogP contribution in [0.2, 0.25) is 0 Å². The Kier molecular flexibility index (Phi) is 4.82. The molecule has 0 bridgehead atoms. The Balaban J connectivity index is 1.94. The third-order valence-corrected chi connectivity index (χ3v) is 5.22. The van der Waals surface area contributed by atoms with E-state index in [2.05, 4.69) is 12.2 Å². The van der Waals surface area contributed by atoms with E-state index in [1.807, 2.05) is 24.3 Å². The fourth-order valence-corrected chi connectivity index (χ4v) is 3.97. The van der Waals surface area contributed by atoms with Gasteiger partial charge in [-0.15, -0.1) is 0 Å². The largest absolute Gasteiger partial charge is 0.317 e. The first kappa shape index (κ1) is 14.3. The lowest BCUT2D eigenvalue weighted by Gasteiger charge is -2.19. The molecule has 0 amide bonds. The number of nitrogens with one attached hydrogen (secondary N) is 1. The van der Waals surface area contributed by atoms with Crippen molar-refractivity contribution in [1.82, 2.24) is 5.32 Å². The molecule has 0 radical (unpaired) electrons. The zero-order chi connectivity index (χ0) is 13.7. The van der Waals surface area contributed by atoms with Crippen molar-refractivity contribution in [3.05, 3.63) is 29.8 Å². The molecule has 1 heterocycles. The molecule has 5 heteroatoms. The van der Waals surface area contributed by atoms with Crippen LogP contribution in [0.5, 0.6) is 0 Å². The predicted molar refractivity (Wildman–Crippen MR) is 79.1 cm³/mol. The van der Waals surface area contributed by atoms with E-state index in [9.17, 15) is 8.42 Å². The molecule has 4 nitrogen and oxygen atoms in total. The summed E-state index contributed by atoms with van der Waals surface area (Å²) in [4.78, 5) is 0. The minimum atomic E-state index is -3.17. The van der Waals surface area contributed by atoms with Crippen LogP contribution in [0.4, 0.5) is 5.69 Å². The quantitative estimate of drug-likeness (QED) is 0.775. The van der Waals surface area contributed by atoms with Gasteiger partial charge in [0.1, 0.15) is 0 Å². The van der Waals surface area contributed by atoms with Crippen molar-refractivity contribution in [3.63, 3.8) is 0 Å². The summed E-state index contributed by atoms with van der Waals surface area (Å²) in [7, 11) is -3.17. The second-order valence-electron chi connectivity index (χ2n) is 4.87. The van der Waals surface area contributed by atoms with Crippen LogP contribution in [0.1, 0.15) is 25.3 Å². The molecule has 0 spiro atoms. The number of sulfonamides is 1. The van der Waals surface area contributed by atoms with Crippen molar-refractivity contribution >= 4 is 15.7 Å². The van der Waals surface area contributed by atoms with Gasteiger partial charge in [-0.25, -0.2) is 8.42 Å². The molecule has 1 aliphatic heterocycles. The van der Waals surface area contributed by atoms with Gasteiger partial charge in [-0.2, -0.15) is 0 Å². The van der Waals surface area contributed by atoms with E-state index in [-0.39, 0.29) is 5.75 Å². The topological polar surface area (TPSA) is 49.4 Å². The Labute approximate surface area is 115 Å². The summed E-state index contributed by atoms with van der Waals surface area (Å²) in [5, 5.41) is 3.23. The first-order valence-corrected chi connectivity index (χ1v) is 8.55. The normalized spacial score (nSPS) is 14.7. The van der Waals surface area contributed by atoms with Crippen LogP contribution in [0.25, 0.3) is 0 Å². The Morgan fingerprint density at radius 1 is 1.26 bits per heavy atom. The van der Waals surface area contributed by atoms with E-state index in [0.717, 1.165) is 37.2 Å². The van der Waals surface area contributed by atoms with Gasteiger partial charge in [0.05, 0.1) is 11.4 Å².